The summed E-state index contributed by atoms with van der Waals surface area (Å²) in [5.74, 6) is 0.154. The third-order valence-corrected chi connectivity index (χ3v) is 8.11. The van der Waals surface area contributed by atoms with E-state index in [1.165, 1.54) is 6.07 Å². The summed E-state index contributed by atoms with van der Waals surface area (Å²) in [6.07, 6.45) is -1.62. The molecule has 2 aromatic heterocycles. The molecule has 6 rings (SSSR count). The Balaban J connectivity index is 1.35. The molecule has 3 heterocycles. The molecule has 7 nitrogen and oxygen atoms in total. The topological polar surface area (TPSA) is 78.4 Å². The van der Waals surface area contributed by atoms with Crippen LogP contribution >= 0.6 is 0 Å². The molecule has 44 heavy (non-hydrogen) atoms. The van der Waals surface area contributed by atoms with E-state index in [-0.39, 0.29) is 12.6 Å². The van der Waals surface area contributed by atoms with Crippen LogP contribution in [0.1, 0.15) is 59.2 Å². The van der Waals surface area contributed by atoms with E-state index in [1.807, 2.05) is 19.1 Å². The number of aryl methyl sites for hydroxylation is 3. The number of hydrogen-bond acceptors (Lipinski definition) is 5. The normalized spacial score (nSPS) is 13.9. The molecule has 3 aromatic carbocycles. The molecule has 1 aliphatic heterocycles. The number of para-hydroxylation sites is 1. The quantitative estimate of drug-likeness (QED) is 0.150. The van der Waals surface area contributed by atoms with Gasteiger partial charge in [-0.3, -0.25) is 5.10 Å². The lowest BCUT2D eigenvalue weighted by Crippen LogP contribution is -2.15. The molecule has 1 aliphatic rings. The van der Waals surface area contributed by atoms with E-state index in [0.717, 1.165) is 64.0 Å². The molecule has 0 aliphatic carbocycles. The zero-order chi connectivity index (χ0) is 30.8. The van der Waals surface area contributed by atoms with Crippen molar-refractivity contribution in [3.05, 3.63) is 82.8 Å². The Kier molecular flexibility index (Phi) is 8.35. The number of halogens is 3. The molecule has 0 radical (unpaired) electrons. The van der Waals surface area contributed by atoms with Crippen LogP contribution in [-0.2, 0) is 35.2 Å². The number of ether oxygens (including phenoxy) is 3. The van der Waals surface area contributed by atoms with Gasteiger partial charge in [-0.1, -0.05) is 36.4 Å². The highest BCUT2D eigenvalue weighted by atomic mass is 19.4. The third kappa shape index (κ3) is 5.66. The molecule has 0 amide bonds. The highest BCUT2D eigenvalue weighted by molar-refractivity contribution is 6.05. The van der Waals surface area contributed by atoms with Crippen molar-refractivity contribution >= 4 is 27.6 Å². The average Bonchev–Trinajstić information content (AvgIpc) is 3.52. The van der Waals surface area contributed by atoms with Crippen LogP contribution in [0.15, 0.2) is 54.6 Å². The number of carbonyl (C=O) groups is 1. The molecule has 230 valence electrons. The number of rotatable bonds is 7. The Bertz CT molecular complexity index is 1820. The van der Waals surface area contributed by atoms with Crippen LogP contribution in [0, 0.1) is 6.92 Å². The maximum Gasteiger partial charge on any atom is 0.416 e. The molecule has 0 saturated carbocycles. The summed E-state index contributed by atoms with van der Waals surface area (Å²) in [5.41, 5.74) is 5.43. The lowest BCUT2D eigenvalue weighted by molar-refractivity contribution is -0.137. The number of nitrogens with zero attached hydrogens (tertiary/aromatic N) is 2. The molecule has 5 aromatic rings. The Hall–Kier alpha value is -4.31. The fourth-order valence-corrected chi connectivity index (χ4v) is 6.17. The Morgan fingerprint density at radius 3 is 2.75 bits per heavy atom. The molecule has 0 unspecified atom stereocenters. The summed E-state index contributed by atoms with van der Waals surface area (Å²) in [5, 5.41) is 9.66. The SMILES string of the molecule is CCOC(=O)c1c(CCCOc2cccc3cc(C(F)(F)F)ccc23)c2cccc3c2n1CCCCOCc1[nH]nc(C)c1-3. The highest BCUT2D eigenvalue weighted by Crippen LogP contribution is 2.39. The molecule has 1 N–H and O–H groups in total. The minimum atomic E-state index is -4.41. The predicted molar refractivity (Wildman–Crippen MR) is 162 cm³/mol. The maximum atomic E-state index is 13.5. The monoisotopic (exact) mass is 605 g/mol. The Morgan fingerprint density at radius 2 is 1.93 bits per heavy atom. The van der Waals surface area contributed by atoms with Gasteiger partial charge in [-0.05, 0) is 68.7 Å². The highest BCUT2D eigenvalue weighted by Gasteiger charge is 2.31. The number of aromatic amines is 1. The van der Waals surface area contributed by atoms with Gasteiger partial charge in [0.1, 0.15) is 11.4 Å². The van der Waals surface area contributed by atoms with E-state index in [2.05, 4.69) is 20.8 Å². The van der Waals surface area contributed by atoms with Crippen molar-refractivity contribution in [2.75, 3.05) is 19.8 Å². The Morgan fingerprint density at radius 1 is 1.09 bits per heavy atom. The fourth-order valence-electron chi connectivity index (χ4n) is 6.17. The fraction of sp³-hybridized carbons (Fsp3) is 0.353. The second-order valence-electron chi connectivity index (χ2n) is 11.0. The summed E-state index contributed by atoms with van der Waals surface area (Å²) >= 11 is 0. The van der Waals surface area contributed by atoms with Gasteiger partial charge in [0.05, 0.1) is 42.3 Å². The summed E-state index contributed by atoms with van der Waals surface area (Å²) in [4.78, 5) is 13.5. The van der Waals surface area contributed by atoms with Gasteiger partial charge in [0.15, 0.2) is 0 Å². The van der Waals surface area contributed by atoms with Gasteiger partial charge in [0.25, 0.3) is 0 Å². The van der Waals surface area contributed by atoms with Crippen LogP contribution in [0.25, 0.3) is 32.8 Å². The number of esters is 1. The summed E-state index contributed by atoms with van der Waals surface area (Å²) in [6.45, 7) is 5.98. The summed E-state index contributed by atoms with van der Waals surface area (Å²) in [7, 11) is 0. The van der Waals surface area contributed by atoms with Gasteiger partial charge in [0.2, 0.25) is 0 Å². The molecule has 0 bridgehead atoms. The van der Waals surface area contributed by atoms with Gasteiger partial charge in [0, 0.05) is 35.1 Å². The van der Waals surface area contributed by atoms with Crippen LogP contribution in [0.2, 0.25) is 0 Å². The molecule has 10 heteroatoms. The summed E-state index contributed by atoms with van der Waals surface area (Å²) < 4.78 is 59.4. The van der Waals surface area contributed by atoms with Gasteiger partial charge < -0.3 is 18.8 Å². The van der Waals surface area contributed by atoms with Crippen molar-refractivity contribution in [2.24, 2.45) is 0 Å². The standard InChI is InChI=1S/C34H34F3N3O4/c1-3-43-33(41)32-26(12-8-18-44-29-13-6-9-22-19-23(34(35,36)37)14-15-24(22)29)25-10-7-11-27-30-21(2)38-39-28(30)20-42-17-5-4-16-40(32)31(25)27/h6-7,9-11,13-15,19H,3-5,8,12,16-18,20H2,1-2H3,(H,38,39). The number of hydrogen-bond donors (Lipinski definition) is 1. The van der Waals surface area contributed by atoms with E-state index in [1.54, 1.807) is 25.1 Å². The number of alkyl halides is 3. The molecule has 0 atom stereocenters. The van der Waals surface area contributed by atoms with Crippen molar-refractivity contribution < 1.29 is 32.2 Å². The number of nitrogens with one attached hydrogen (secondary N) is 1. The first-order valence-corrected chi connectivity index (χ1v) is 14.9. The molecular formula is C34H34F3N3O4. The maximum absolute atomic E-state index is 13.5. The van der Waals surface area contributed by atoms with Crippen LogP contribution < -0.4 is 4.74 Å². The lowest BCUT2D eigenvalue weighted by Gasteiger charge is -2.13. The van der Waals surface area contributed by atoms with E-state index < -0.39 is 11.7 Å². The van der Waals surface area contributed by atoms with Crippen molar-refractivity contribution in [3.8, 4) is 16.9 Å². The van der Waals surface area contributed by atoms with Crippen LogP contribution in [0.5, 0.6) is 5.75 Å². The van der Waals surface area contributed by atoms with Crippen LogP contribution in [0.4, 0.5) is 13.2 Å². The zero-order valence-electron chi connectivity index (χ0n) is 24.7. The number of aromatic nitrogens is 3. The van der Waals surface area contributed by atoms with Crippen LogP contribution in [0.3, 0.4) is 0 Å². The number of benzene rings is 3. The van der Waals surface area contributed by atoms with E-state index >= 15 is 0 Å². The second kappa shape index (κ2) is 12.4. The summed E-state index contributed by atoms with van der Waals surface area (Å²) in [6, 6.07) is 14.9. The molecule has 0 fully saturated rings. The van der Waals surface area contributed by atoms with E-state index in [9.17, 15) is 18.0 Å². The number of fused-ring (bicyclic) bond motifs is 3. The van der Waals surface area contributed by atoms with E-state index in [4.69, 9.17) is 14.2 Å². The molecule has 0 saturated heterocycles. The lowest BCUT2D eigenvalue weighted by atomic mass is 9.98. The van der Waals surface area contributed by atoms with Gasteiger partial charge >= 0.3 is 12.1 Å². The van der Waals surface area contributed by atoms with Gasteiger partial charge in [-0.25, -0.2) is 4.79 Å². The first kappa shape index (κ1) is 29.7. The number of H-pyrrole nitrogens is 1. The largest absolute Gasteiger partial charge is 0.493 e. The minimum absolute atomic E-state index is 0.256. The first-order chi connectivity index (χ1) is 21.3. The van der Waals surface area contributed by atoms with Gasteiger partial charge in [-0.15, -0.1) is 0 Å². The molecule has 0 spiro atoms. The Labute approximate surface area is 252 Å². The van der Waals surface area contributed by atoms with Crippen LogP contribution in [-0.4, -0.2) is 40.6 Å². The van der Waals surface area contributed by atoms with Gasteiger partial charge in [-0.2, -0.15) is 18.3 Å². The van der Waals surface area contributed by atoms with Crippen molar-refractivity contribution in [1.82, 2.24) is 14.8 Å². The zero-order valence-corrected chi connectivity index (χ0v) is 24.7. The smallest absolute Gasteiger partial charge is 0.416 e. The predicted octanol–water partition coefficient (Wildman–Crippen LogP) is 8.01. The molecular weight excluding hydrogens is 571 g/mol. The van der Waals surface area contributed by atoms with Crippen molar-refractivity contribution in [3.63, 3.8) is 0 Å². The van der Waals surface area contributed by atoms with Crippen molar-refractivity contribution in [1.29, 1.82) is 0 Å². The third-order valence-electron chi connectivity index (χ3n) is 8.11. The minimum Gasteiger partial charge on any atom is -0.493 e. The first-order valence-electron chi connectivity index (χ1n) is 14.9. The average molecular weight is 606 g/mol. The van der Waals surface area contributed by atoms with Crippen molar-refractivity contribution in [2.45, 2.75) is 58.9 Å². The number of carbonyl (C=O) groups excluding carboxylic acids is 1. The second-order valence-corrected chi connectivity index (χ2v) is 11.0. The van der Waals surface area contributed by atoms with E-state index in [0.29, 0.717) is 61.4 Å².